The van der Waals surface area contributed by atoms with Crippen LogP contribution in [0.3, 0.4) is 0 Å². The zero-order valence-corrected chi connectivity index (χ0v) is 13.1. The minimum Gasteiger partial charge on any atom is -0.494 e. The van der Waals surface area contributed by atoms with Crippen LogP contribution in [-0.4, -0.2) is 24.2 Å². The molecule has 0 aliphatic rings. The van der Waals surface area contributed by atoms with Gasteiger partial charge in [0.05, 0.1) is 23.4 Å². The molecule has 0 spiro atoms. The zero-order chi connectivity index (χ0) is 15.1. The van der Waals surface area contributed by atoms with Gasteiger partial charge >= 0.3 is 5.97 Å². The number of aromatic nitrogens is 1. The van der Waals surface area contributed by atoms with Crippen LogP contribution in [0.4, 0.5) is 0 Å². The molecule has 0 amide bonds. The predicted octanol–water partition coefficient (Wildman–Crippen LogP) is 4.05. The van der Waals surface area contributed by atoms with E-state index in [0.717, 1.165) is 40.4 Å². The molecule has 0 radical (unpaired) electrons. The van der Waals surface area contributed by atoms with Crippen LogP contribution in [0.2, 0.25) is 0 Å². The molecule has 1 aromatic heterocycles. The number of benzene rings is 1. The Morgan fingerprint density at radius 1 is 1.38 bits per heavy atom. The third kappa shape index (κ3) is 4.56. The molecule has 0 N–H and O–H groups in total. The molecule has 0 atom stereocenters. The molecule has 0 aliphatic heterocycles. The van der Waals surface area contributed by atoms with Crippen LogP contribution in [0.15, 0.2) is 24.3 Å². The van der Waals surface area contributed by atoms with Gasteiger partial charge in [-0.2, -0.15) is 0 Å². The first-order valence-corrected chi connectivity index (χ1v) is 7.92. The fourth-order valence-electron chi connectivity index (χ4n) is 1.75. The molecular weight excluding hydrogens is 286 g/mol. The average Bonchev–Trinajstić information content (AvgIpc) is 2.88. The van der Waals surface area contributed by atoms with Crippen LogP contribution in [-0.2, 0) is 9.53 Å². The second-order valence-corrected chi connectivity index (χ2v) is 5.53. The van der Waals surface area contributed by atoms with Gasteiger partial charge < -0.3 is 9.47 Å². The number of ether oxygens (including phenoxy) is 2. The van der Waals surface area contributed by atoms with Gasteiger partial charge in [-0.1, -0.05) is 13.3 Å². The number of carbonyl (C=O) groups is 1. The first-order chi connectivity index (χ1) is 10.2. The maximum Gasteiger partial charge on any atom is 0.330 e. The van der Waals surface area contributed by atoms with E-state index in [9.17, 15) is 4.79 Å². The molecule has 1 aromatic carbocycles. The fraction of sp³-hybridized carbons (Fsp3) is 0.375. The maximum absolute atomic E-state index is 11.3. The van der Waals surface area contributed by atoms with Gasteiger partial charge in [-0.3, -0.25) is 0 Å². The van der Waals surface area contributed by atoms with Crippen LogP contribution < -0.4 is 4.74 Å². The zero-order valence-electron chi connectivity index (χ0n) is 12.3. The Morgan fingerprint density at radius 2 is 2.24 bits per heavy atom. The van der Waals surface area contributed by atoms with E-state index in [0.29, 0.717) is 6.61 Å². The Bertz CT molecular complexity index is 633. The lowest BCUT2D eigenvalue weighted by atomic mass is 10.3. The molecule has 0 unspecified atom stereocenters. The minimum absolute atomic E-state index is 0.347. The Labute approximate surface area is 128 Å². The van der Waals surface area contributed by atoms with Crippen LogP contribution in [0.5, 0.6) is 5.75 Å². The molecular formula is C16H19NO3S. The van der Waals surface area contributed by atoms with Crippen molar-refractivity contribution in [1.29, 1.82) is 0 Å². The Kier molecular flexibility index (Phi) is 5.75. The van der Waals surface area contributed by atoms with Gasteiger partial charge in [0, 0.05) is 6.08 Å². The van der Waals surface area contributed by atoms with E-state index >= 15 is 0 Å². The van der Waals surface area contributed by atoms with Gasteiger partial charge in [0.1, 0.15) is 10.8 Å². The molecule has 5 heteroatoms. The third-order valence-electron chi connectivity index (χ3n) is 2.79. The van der Waals surface area contributed by atoms with Gasteiger partial charge in [-0.25, -0.2) is 9.78 Å². The quantitative estimate of drug-likeness (QED) is 0.440. The first-order valence-electron chi connectivity index (χ1n) is 7.11. The lowest BCUT2D eigenvalue weighted by molar-refractivity contribution is -0.137. The molecule has 0 fully saturated rings. The Balaban J connectivity index is 2.08. The number of nitrogens with zero attached hydrogens (tertiary/aromatic N) is 1. The summed E-state index contributed by atoms with van der Waals surface area (Å²) >= 11 is 1.53. The SMILES string of the molecule is CCCCOc1ccc2nc(/C=C/C(=O)OCC)sc2c1. The van der Waals surface area contributed by atoms with Crippen molar-refractivity contribution in [2.75, 3.05) is 13.2 Å². The van der Waals surface area contributed by atoms with E-state index in [1.165, 1.54) is 17.4 Å². The molecule has 0 saturated carbocycles. The van der Waals surface area contributed by atoms with Crippen molar-refractivity contribution in [2.24, 2.45) is 0 Å². The third-order valence-corrected chi connectivity index (χ3v) is 3.78. The predicted molar refractivity (Wildman–Crippen MR) is 85.7 cm³/mol. The van der Waals surface area contributed by atoms with Crippen molar-refractivity contribution in [3.05, 3.63) is 29.3 Å². The van der Waals surface area contributed by atoms with Crippen molar-refractivity contribution in [2.45, 2.75) is 26.7 Å². The number of carbonyl (C=O) groups excluding carboxylic acids is 1. The lowest BCUT2D eigenvalue weighted by Crippen LogP contribution is -1.98. The molecule has 2 aromatic rings. The van der Waals surface area contributed by atoms with Crippen molar-refractivity contribution in [3.8, 4) is 5.75 Å². The van der Waals surface area contributed by atoms with Crippen LogP contribution >= 0.6 is 11.3 Å². The highest BCUT2D eigenvalue weighted by atomic mass is 32.1. The smallest absolute Gasteiger partial charge is 0.330 e. The molecule has 112 valence electrons. The van der Waals surface area contributed by atoms with Crippen molar-refractivity contribution in [3.63, 3.8) is 0 Å². The molecule has 21 heavy (non-hydrogen) atoms. The normalized spacial score (nSPS) is 11.1. The number of fused-ring (bicyclic) bond motifs is 1. The van der Waals surface area contributed by atoms with Gasteiger partial charge in [-0.05, 0) is 37.6 Å². The van der Waals surface area contributed by atoms with Crippen LogP contribution in [0.1, 0.15) is 31.7 Å². The van der Waals surface area contributed by atoms with Gasteiger partial charge in [0.15, 0.2) is 0 Å². The van der Waals surface area contributed by atoms with E-state index in [4.69, 9.17) is 9.47 Å². The topological polar surface area (TPSA) is 48.4 Å². The van der Waals surface area contributed by atoms with E-state index < -0.39 is 0 Å². The number of esters is 1. The minimum atomic E-state index is -0.347. The van der Waals surface area contributed by atoms with Crippen molar-refractivity contribution >= 4 is 33.6 Å². The molecule has 0 aliphatic carbocycles. The van der Waals surface area contributed by atoms with E-state index in [2.05, 4.69) is 11.9 Å². The summed E-state index contributed by atoms with van der Waals surface area (Å²) in [7, 11) is 0. The maximum atomic E-state index is 11.3. The molecule has 1 heterocycles. The monoisotopic (exact) mass is 305 g/mol. The van der Waals surface area contributed by atoms with Crippen molar-refractivity contribution < 1.29 is 14.3 Å². The Morgan fingerprint density at radius 3 is 3.00 bits per heavy atom. The van der Waals surface area contributed by atoms with Gasteiger partial charge in [0.25, 0.3) is 0 Å². The van der Waals surface area contributed by atoms with Crippen LogP contribution in [0.25, 0.3) is 16.3 Å². The highest BCUT2D eigenvalue weighted by molar-refractivity contribution is 7.19. The van der Waals surface area contributed by atoms with Gasteiger partial charge in [-0.15, -0.1) is 11.3 Å². The Hall–Kier alpha value is -1.88. The largest absolute Gasteiger partial charge is 0.494 e. The summed E-state index contributed by atoms with van der Waals surface area (Å²) in [6.07, 6.45) is 5.25. The highest BCUT2D eigenvalue weighted by Crippen LogP contribution is 2.27. The summed E-state index contributed by atoms with van der Waals surface area (Å²) in [5, 5.41) is 0.781. The van der Waals surface area contributed by atoms with Gasteiger partial charge in [0.2, 0.25) is 0 Å². The number of hydrogen-bond donors (Lipinski definition) is 0. The average molecular weight is 305 g/mol. The molecule has 0 saturated heterocycles. The van der Waals surface area contributed by atoms with E-state index in [1.807, 2.05) is 18.2 Å². The summed E-state index contributed by atoms with van der Waals surface area (Å²) in [5.41, 5.74) is 0.909. The first kappa shape index (κ1) is 15.5. The van der Waals surface area contributed by atoms with Crippen LogP contribution in [0, 0.1) is 0 Å². The second-order valence-electron chi connectivity index (χ2n) is 4.47. The summed E-state index contributed by atoms with van der Waals surface area (Å²) in [4.78, 5) is 15.7. The van der Waals surface area contributed by atoms with Crippen molar-refractivity contribution in [1.82, 2.24) is 4.98 Å². The molecule has 4 nitrogen and oxygen atoms in total. The number of rotatable bonds is 7. The highest BCUT2D eigenvalue weighted by Gasteiger charge is 2.04. The summed E-state index contributed by atoms with van der Waals surface area (Å²) in [5.74, 6) is 0.515. The second kappa shape index (κ2) is 7.78. The lowest BCUT2D eigenvalue weighted by Gasteiger charge is -2.04. The number of unbranched alkanes of at least 4 members (excludes halogenated alkanes) is 1. The summed E-state index contributed by atoms with van der Waals surface area (Å²) in [6.45, 7) is 5.03. The molecule has 2 rings (SSSR count). The summed E-state index contributed by atoms with van der Waals surface area (Å²) < 4.78 is 11.6. The fourth-order valence-corrected chi connectivity index (χ4v) is 2.65. The summed E-state index contributed by atoms with van der Waals surface area (Å²) in [6, 6.07) is 5.86. The molecule has 0 bridgehead atoms. The number of hydrogen-bond acceptors (Lipinski definition) is 5. The van der Waals surface area contributed by atoms with E-state index in [-0.39, 0.29) is 5.97 Å². The number of thiazole rings is 1. The van der Waals surface area contributed by atoms with E-state index in [1.54, 1.807) is 13.0 Å². The standard InChI is InChI=1S/C16H19NO3S/c1-3-5-10-20-12-6-7-13-14(11-12)21-15(17-13)8-9-16(18)19-4-2/h6-9,11H,3-5,10H2,1-2H3/b9-8+.